The lowest BCUT2D eigenvalue weighted by molar-refractivity contribution is -0.121. The molecule has 4 heteroatoms. The van der Waals surface area contributed by atoms with E-state index in [2.05, 4.69) is 10.6 Å². The van der Waals surface area contributed by atoms with Crippen LogP contribution in [-0.4, -0.2) is 29.7 Å². The van der Waals surface area contributed by atoms with E-state index >= 15 is 0 Å². The fourth-order valence-corrected chi connectivity index (χ4v) is 2.19. The highest BCUT2D eigenvalue weighted by Gasteiger charge is 2.25. The third-order valence-corrected chi connectivity index (χ3v) is 3.19. The highest BCUT2D eigenvalue weighted by atomic mass is 16.3. The number of para-hydroxylation sites is 1. The smallest absolute Gasteiger partial charge is 0.242 e. The molecule has 0 radical (unpaired) electrons. The quantitative estimate of drug-likeness (QED) is 0.688. The van der Waals surface area contributed by atoms with Crippen molar-refractivity contribution in [2.24, 2.45) is 0 Å². The van der Waals surface area contributed by atoms with Crippen molar-refractivity contribution in [1.82, 2.24) is 5.32 Å². The van der Waals surface area contributed by atoms with Crippen LogP contribution in [0.3, 0.4) is 0 Å². The minimum Gasteiger partial charge on any atom is -0.393 e. The van der Waals surface area contributed by atoms with Crippen molar-refractivity contribution in [2.75, 3.05) is 11.9 Å². The van der Waals surface area contributed by atoms with Gasteiger partial charge in [-0.3, -0.25) is 4.79 Å². The van der Waals surface area contributed by atoms with Gasteiger partial charge in [0.15, 0.2) is 0 Å². The monoisotopic (exact) mass is 248 g/mol. The van der Waals surface area contributed by atoms with Gasteiger partial charge in [-0.15, -0.1) is 0 Å². The first kappa shape index (κ1) is 12.9. The summed E-state index contributed by atoms with van der Waals surface area (Å²) in [6.07, 6.45) is 1.98. The third kappa shape index (κ3) is 3.23. The molecule has 0 saturated heterocycles. The molecule has 0 aromatic heterocycles. The summed E-state index contributed by atoms with van der Waals surface area (Å²) < 4.78 is 0. The number of benzene rings is 1. The van der Waals surface area contributed by atoms with Gasteiger partial charge in [0.1, 0.15) is 6.04 Å². The minimum atomic E-state index is -0.296. The highest BCUT2D eigenvalue weighted by Crippen LogP contribution is 2.24. The number of carbonyl (C=O) groups excluding carboxylic acids is 1. The number of rotatable bonds is 5. The van der Waals surface area contributed by atoms with Crippen LogP contribution in [0.5, 0.6) is 0 Å². The molecule has 4 nitrogen and oxygen atoms in total. The molecule has 0 saturated carbocycles. The zero-order chi connectivity index (χ0) is 13.0. The summed E-state index contributed by atoms with van der Waals surface area (Å²) >= 11 is 0. The lowest BCUT2D eigenvalue weighted by Gasteiger charge is -2.12. The summed E-state index contributed by atoms with van der Waals surface area (Å²) in [7, 11) is 0. The molecule has 2 atom stereocenters. The van der Waals surface area contributed by atoms with Crippen molar-refractivity contribution in [3.63, 3.8) is 0 Å². The van der Waals surface area contributed by atoms with Crippen molar-refractivity contribution in [3.05, 3.63) is 29.8 Å². The lowest BCUT2D eigenvalue weighted by atomic mass is 10.1. The van der Waals surface area contributed by atoms with Gasteiger partial charge in [0, 0.05) is 18.7 Å². The fraction of sp³-hybridized carbons (Fsp3) is 0.500. The van der Waals surface area contributed by atoms with Crippen LogP contribution in [0.15, 0.2) is 24.3 Å². The predicted octanol–water partition coefficient (Wildman–Crippen LogP) is 1.30. The number of fused-ring (bicyclic) bond motifs is 1. The van der Waals surface area contributed by atoms with Gasteiger partial charge in [0.2, 0.25) is 5.91 Å². The molecule has 1 aromatic rings. The number of amides is 1. The molecule has 1 aliphatic heterocycles. The Balaban J connectivity index is 1.76. The molecule has 1 aliphatic rings. The molecule has 1 amide bonds. The summed E-state index contributed by atoms with van der Waals surface area (Å²) in [5, 5.41) is 15.2. The summed E-state index contributed by atoms with van der Waals surface area (Å²) in [6.45, 7) is 2.38. The summed E-state index contributed by atoms with van der Waals surface area (Å²) in [6, 6.07) is 7.84. The van der Waals surface area contributed by atoms with Crippen molar-refractivity contribution in [2.45, 2.75) is 38.3 Å². The van der Waals surface area contributed by atoms with E-state index < -0.39 is 0 Å². The first-order valence-corrected chi connectivity index (χ1v) is 6.47. The van der Waals surface area contributed by atoms with Crippen LogP contribution in [0, 0.1) is 0 Å². The summed E-state index contributed by atoms with van der Waals surface area (Å²) in [4.78, 5) is 11.9. The van der Waals surface area contributed by atoms with Crippen LogP contribution in [0.1, 0.15) is 25.3 Å². The van der Waals surface area contributed by atoms with Crippen LogP contribution in [0.2, 0.25) is 0 Å². The van der Waals surface area contributed by atoms with Crippen LogP contribution < -0.4 is 10.6 Å². The standard InChI is InChI=1S/C14H20N2O2/c1-10(17)5-4-8-15-14(18)13-9-11-6-2-3-7-12(11)16-13/h2-3,6-7,10,13,16-17H,4-5,8-9H2,1H3,(H,15,18). The Morgan fingerprint density at radius 2 is 2.33 bits per heavy atom. The molecule has 1 aromatic carbocycles. The molecular weight excluding hydrogens is 228 g/mol. The van der Waals surface area contributed by atoms with E-state index in [0.717, 1.165) is 24.9 Å². The molecule has 3 N–H and O–H groups in total. The Hall–Kier alpha value is -1.55. The maximum atomic E-state index is 11.9. The van der Waals surface area contributed by atoms with E-state index in [0.29, 0.717) is 6.54 Å². The normalized spacial score (nSPS) is 18.9. The number of anilines is 1. The summed E-state index contributed by atoms with van der Waals surface area (Å²) in [5.41, 5.74) is 2.25. The molecule has 0 fully saturated rings. The van der Waals surface area contributed by atoms with E-state index in [9.17, 15) is 4.79 Å². The second-order valence-electron chi connectivity index (χ2n) is 4.84. The third-order valence-electron chi connectivity index (χ3n) is 3.19. The number of aliphatic hydroxyl groups is 1. The van der Waals surface area contributed by atoms with Crippen LogP contribution in [0.4, 0.5) is 5.69 Å². The van der Waals surface area contributed by atoms with Crippen LogP contribution in [0.25, 0.3) is 0 Å². The lowest BCUT2D eigenvalue weighted by Crippen LogP contribution is -2.38. The molecule has 0 spiro atoms. The predicted molar refractivity (Wildman–Crippen MR) is 71.5 cm³/mol. The van der Waals surface area contributed by atoms with Crippen LogP contribution in [-0.2, 0) is 11.2 Å². The maximum absolute atomic E-state index is 11.9. The van der Waals surface area contributed by atoms with Crippen molar-refractivity contribution < 1.29 is 9.90 Å². The van der Waals surface area contributed by atoms with E-state index in [4.69, 9.17) is 5.11 Å². The van der Waals surface area contributed by atoms with E-state index in [1.807, 2.05) is 24.3 Å². The van der Waals surface area contributed by atoms with Gasteiger partial charge < -0.3 is 15.7 Å². The van der Waals surface area contributed by atoms with Gasteiger partial charge in [-0.1, -0.05) is 18.2 Å². The molecule has 98 valence electrons. The Labute approximate surface area is 107 Å². The Bertz CT molecular complexity index is 393. The molecule has 1 heterocycles. The Kier molecular flexibility index (Phi) is 4.20. The van der Waals surface area contributed by atoms with Crippen molar-refractivity contribution in [1.29, 1.82) is 0 Å². The minimum absolute atomic E-state index is 0.0387. The van der Waals surface area contributed by atoms with Crippen molar-refractivity contribution >= 4 is 11.6 Å². The average molecular weight is 248 g/mol. The number of aliphatic hydroxyl groups excluding tert-OH is 1. The summed E-state index contributed by atoms with van der Waals surface area (Å²) in [5.74, 6) is 0.0387. The van der Waals surface area contributed by atoms with Gasteiger partial charge in [-0.2, -0.15) is 0 Å². The van der Waals surface area contributed by atoms with Crippen molar-refractivity contribution in [3.8, 4) is 0 Å². The second kappa shape index (κ2) is 5.87. The van der Waals surface area contributed by atoms with E-state index in [1.165, 1.54) is 5.56 Å². The highest BCUT2D eigenvalue weighted by molar-refractivity contribution is 5.87. The Morgan fingerprint density at radius 3 is 3.06 bits per heavy atom. The largest absolute Gasteiger partial charge is 0.393 e. The van der Waals surface area contributed by atoms with Gasteiger partial charge in [-0.05, 0) is 31.4 Å². The number of hydrogen-bond donors (Lipinski definition) is 3. The molecule has 2 unspecified atom stereocenters. The van der Waals surface area contributed by atoms with Gasteiger partial charge >= 0.3 is 0 Å². The van der Waals surface area contributed by atoms with E-state index in [-0.39, 0.29) is 18.1 Å². The molecular formula is C14H20N2O2. The second-order valence-corrected chi connectivity index (χ2v) is 4.84. The first-order chi connectivity index (χ1) is 8.66. The van der Waals surface area contributed by atoms with E-state index in [1.54, 1.807) is 6.92 Å². The first-order valence-electron chi connectivity index (χ1n) is 6.47. The SMILES string of the molecule is CC(O)CCCNC(=O)C1Cc2ccccc2N1. The van der Waals surface area contributed by atoms with Gasteiger partial charge in [0.25, 0.3) is 0 Å². The Morgan fingerprint density at radius 1 is 1.56 bits per heavy atom. The fourth-order valence-electron chi connectivity index (χ4n) is 2.19. The topological polar surface area (TPSA) is 61.4 Å². The zero-order valence-corrected chi connectivity index (χ0v) is 10.6. The maximum Gasteiger partial charge on any atom is 0.242 e. The van der Waals surface area contributed by atoms with Gasteiger partial charge in [-0.25, -0.2) is 0 Å². The molecule has 18 heavy (non-hydrogen) atoms. The number of carbonyl (C=O) groups is 1. The van der Waals surface area contributed by atoms with Gasteiger partial charge in [0.05, 0.1) is 6.10 Å². The number of nitrogens with one attached hydrogen (secondary N) is 2. The molecule has 2 rings (SSSR count). The molecule has 0 bridgehead atoms. The number of hydrogen-bond acceptors (Lipinski definition) is 3. The average Bonchev–Trinajstić information content (AvgIpc) is 2.78. The molecule has 0 aliphatic carbocycles. The zero-order valence-electron chi connectivity index (χ0n) is 10.6. The van der Waals surface area contributed by atoms with Crippen LogP contribution >= 0.6 is 0 Å².